The highest BCUT2D eigenvalue weighted by molar-refractivity contribution is 8.01. The zero-order valence-electron chi connectivity index (χ0n) is 11.3. The molecule has 1 fully saturated rings. The van der Waals surface area contributed by atoms with E-state index in [2.05, 4.69) is 43.2 Å². The van der Waals surface area contributed by atoms with Gasteiger partial charge in [-0.15, -0.1) is 23.1 Å². The molecule has 1 unspecified atom stereocenters. The smallest absolute Gasteiger partial charge is 0.233 e. The van der Waals surface area contributed by atoms with E-state index in [1.165, 1.54) is 4.88 Å². The molecule has 0 saturated carbocycles. The van der Waals surface area contributed by atoms with E-state index in [4.69, 9.17) is 0 Å². The molecule has 0 bridgehead atoms. The van der Waals surface area contributed by atoms with Crippen LogP contribution in [0.25, 0.3) is 0 Å². The Labute approximate surface area is 118 Å². The predicted octanol–water partition coefficient (Wildman–Crippen LogP) is 3.94. The van der Waals surface area contributed by atoms with Gasteiger partial charge in [0.1, 0.15) is 0 Å². The van der Waals surface area contributed by atoms with E-state index in [-0.39, 0.29) is 4.75 Å². The molecule has 1 saturated heterocycles. The molecule has 0 aromatic carbocycles. The number of thiophene rings is 1. The lowest BCUT2D eigenvalue weighted by atomic mass is 10.2. The van der Waals surface area contributed by atoms with Crippen LogP contribution in [0.2, 0.25) is 0 Å². The van der Waals surface area contributed by atoms with Crippen molar-refractivity contribution in [2.24, 2.45) is 0 Å². The summed E-state index contributed by atoms with van der Waals surface area (Å²) in [6.07, 6.45) is 2.25. The van der Waals surface area contributed by atoms with Crippen LogP contribution >= 0.6 is 23.1 Å². The van der Waals surface area contributed by atoms with Gasteiger partial charge >= 0.3 is 0 Å². The molecule has 1 atom stereocenters. The van der Waals surface area contributed by atoms with Crippen molar-refractivity contribution in [1.82, 2.24) is 4.90 Å². The Morgan fingerprint density at radius 2 is 2.33 bits per heavy atom. The first-order chi connectivity index (χ1) is 8.47. The molecule has 0 radical (unpaired) electrons. The number of carbonyl (C=O) groups is 1. The Hall–Kier alpha value is -0.480. The molecule has 1 aromatic rings. The molecule has 0 aliphatic carbocycles. The van der Waals surface area contributed by atoms with Crippen LogP contribution in [0.3, 0.4) is 0 Å². The monoisotopic (exact) mass is 283 g/mol. The van der Waals surface area contributed by atoms with Crippen molar-refractivity contribution in [2.45, 2.75) is 44.4 Å². The minimum Gasteiger partial charge on any atom is -0.334 e. The van der Waals surface area contributed by atoms with Crippen molar-refractivity contribution >= 4 is 29.0 Å². The highest BCUT2D eigenvalue weighted by atomic mass is 32.2. The molecule has 0 spiro atoms. The zero-order chi connectivity index (χ0) is 13.2. The first kappa shape index (κ1) is 13.9. The minimum atomic E-state index is 0.161. The highest BCUT2D eigenvalue weighted by Gasteiger charge is 2.30. The lowest BCUT2D eigenvalue weighted by Crippen LogP contribution is -2.32. The summed E-state index contributed by atoms with van der Waals surface area (Å²) in [4.78, 5) is 15.7. The molecule has 2 heterocycles. The summed E-state index contributed by atoms with van der Waals surface area (Å²) >= 11 is 3.50. The Kier molecular flexibility index (Phi) is 4.38. The van der Waals surface area contributed by atoms with Crippen LogP contribution in [0.1, 0.15) is 44.5 Å². The maximum Gasteiger partial charge on any atom is 0.233 e. The van der Waals surface area contributed by atoms with Crippen LogP contribution in [0.15, 0.2) is 17.5 Å². The lowest BCUT2D eigenvalue weighted by Gasteiger charge is -2.25. The van der Waals surface area contributed by atoms with Gasteiger partial charge in [-0.3, -0.25) is 4.79 Å². The molecule has 100 valence electrons. The SMILES string of the molecule is CC(C)(C)SCC(=O)N1CCCC1c1cccs1. The van der Waals surface area contributed by atoms with Crippen molar-refractivity contribution in [2.75, 3.05) is 12.3 Å². The normalized spacial score (nSPS) is 20.4. The fraction of sp³-hybridized carbons (Fsp3) is 0.643. The summed E-state index contributed by atoms with van der Waals surface area (Å²) in [6.45, 7) is 7.40. The van der Waals surface area contributed by atoms with Crippen LogP contribution in [-0.2, 0) is 4.79 Å². The summed E-state index contributed by atoms with van der Waals surface area (Å²) in [5, 5.41) is 2.10. The predicted molar refractivity (Wildman–Crippen MR) is 80.2 cm³/mol. The van der Waals surface area contributed by atoms with Gasteiger partial charge in [-0.25, -0.2) is 0 Å². The van der Waals surface area contributed by atoms with E-state index in [1.54, 1.807) is 23.1 Å². The van der Waals surface area contributed by atoms with Gasteiger partial charge in [0.25, 0.3) is 0 Å². The van der Waals surface area contributed by atoms with Crippen molar-refractivity contribution in [3.05, 3.63) is 22.4 Å². The number of carbonyl (C=O) groups excluding carboxylic acids is 1. The average molecular weight is 283 g/mol. The van der Waals surface area contributed by atoms with Crippen LogP contribution in [-0.4, -0.2) is 27.9 Å². The molecule has 4 heteroatoms. The van der Waals surface area contributed by atoms with E-state index in [0.29, 0.717) is 17.7 Å². The third kappa shape index (κ3) is 3.51. The number of hydrogen-bond donors (Lipinski definition) is 0. The average Bonchev–Trinajstić information content (AvgIpc) is 2.94. The minimum absolute atomic E-state index is 0.161. The third-order valence-electron chi connectivity index (χ3n) is 3.07. The number of amides is 1. The number of nitrogens with zero attached hydrogens (tertiary/aromatic N) is 1. The summed E-state index contributed by atoms with van der Waals surface area (Å²) in [5.41, 5.74) is 0. The van der Waals surface area contributed by atoms with Gasteiger partial charge < -0.3 is 4.90 Å². The van der Waals surface area contributed by atoms with Crippen molar-refractivity contribution in [1.29, 1.82) is 0 Å². The van der Waals surface area contributed by atoms with Gasteiger partial charge in [-0.1, -0.05) is 26.8 Å². The van der Waals surface area contributed by atoms with E-state index in [0.717, 1.165) is 19.4 Å². The van der Waals surface area contributed by atoms with Gasteiger partial charge in [-0.05, 0) is 24.3 Å². The standard InChI is InChI=1S/C14H21NOS2/c1-14(2,3)18-10-13(16)15-8-4-6-11(15)12-7-5-9-17-12/h5,7,9,11H,4,6,8,10H2,1-3H3. The molecular formula is C14H21NOS2. The van der Waals surface area contributed by atoms with Gasteiger partial charge in [-0.2, -0.15) is 0 Å². The van der Waals surface area contributed by atoms with Crippen LogP contribution < -0.4 is 0 Å². The van der Waals surface area contributed by atoms with Gasteiger partial charge in [0.15, 0.2) is 0 Å². The van der Waals surface area contributed by atoms with Crippen LogP contribution in [0.5, 0.6) is 0 Å². The second-order valence-corrected chi connectivity index (χ2v) is 8.44. The first-order valence-corrected chi connectivity index (χ1v) is 8.31. The van der Waals surface area contributed by atoms with E-state index in [1.807, 2.05) is 0 Å². The van der Waals surface area contributed by atoms with Gasteiger partial charge in [0.2, 0.25) is 5.91 Å². The Morgan fingerprint density at radius 1 is 1.56 bits per heavy atom. The quantitative estimate of drug-likeness (QED) is 0.837. The summed E-state index contributed by atoms with van der Waals surface area (Å²) < 4.78 is 0.161. The Bertz CT molecular complexity index is 394. The van der Waals surface area contributed by atoms with E-state index < -0.39 is 0 Å². The first-order valence-electron chi connectivity index (χ1n) is 6.44. The maximum absolute atomic E-state index is 12.3. The van der Waals surface area contributed by atoms with Gasteiger partial charge in [0.05, 0.1) is 11.8 Å². The Morgan fingerprint density at radius 3 is 2.94 bits per heavy atom. The highest BCUT2D eigenvalue weighted by Crippen LogP contribution is 2.35. The van der Waals surface area contributed by atoms with E-state index in [9.17, 15) is 4.79 Å². The molecule has 2 nitrogen and oxygen atoms in total. The molecular weight excluding hydrogens is 262 g/mol. The lowest BCUT2D eigenvalue weighted by molar-refractivity contribution is -0.129. The third-order valence-corrected chi connectivity index (χ3v) is 5.30. The Balaban J connectivity index is 1.97. The molecule has 2 rings (SSSR count). The van der Waals surface area contributed by atoms with Gasteiger partial charge in [0, 0.05) is 16.2 Å². The summed E-state index contributed by atoms with van der Waals surface area (Å²) in [7, 11) is 0. The molecule has 1 aliphatic rings. The maximum atomic E-state index is 12.3. The van der Waals surface area contributed by atoms with Crippen LogP contribution in [0, 0.1) is 0 Å². The largest absolute Gasteiger partial charge is 0.334 e. The zero-order valence-corrected chi connectivity index (χ0v) is 12.9. The molecule has 0 N–H and O–H groups in total. The van der Waals surface area contributed by atoms with Crippen molar-refractivity contribution in [3.8, 4) is 0 Å². The number of likely N-dealkylation sites (tertiary alicyclic amines) is 1. The van der Waals surface area contributed by atoms with Crippen molar-refractivity contribution < 1.29 is 4.79 Å². The summed E-state index contributed by atoms with van der Waals surface area (Å²) in [5.74, 6) is 0.900. The second-order valence-electron chi connectivity index (χ2n) is 5.66. The molecule has 18 heavy (non-hydrogen) atoms. The number of thioether (sulfide) groups is 1. The fourth-order valence-corrected chi connectivity index (χ4v) is 3.80. The topological polar surface area (TPSA) is 20.3 Å². The number of rotatable bonds is 3. The number of hydrogen-bond acceptors (Lipinski definition) is 3. The molecule has 1 aromatic heterocycles. The second kappa shape index (κ2) is 5.66. The van der Waals surface area contributed by atoms with Crippen molar-refractivity contribution in [3.63, 3.8) is 0 Å². The summed E-state index contributed by atoms with van der Waals surface area (Å²) in [6, 6.07) is 4.56. The molecule has 1 aliphatic heterocycles. The fourth-order valence-electron chi connectivity index (χ4n) is 2.20. The van der Waals surface area contributed by atoms with E-state index >= 15 is 0 Å². The van der Waals surface area contributed by atoms with Crippen LogP contribution in [0.4, 0.5) is 0 Å². The molecule has 1 amide bonds.